The Balaban J connectivity index is 2.01. The zero-order valence-corrected chi connectivity index (χ0v) is 12.1. The molecule has 9 heteroatoms. The minimum atomic E-state index is -0.476. The van der Waals surface area contributed by atoms with Gasteiger partial charge in [-0.15, -0.1) is 0 Å². The molecule has 1 unspecified atom stereocenters. The van der Waals surface area contributed by atoms with E-state index < -0.39 is 6.04 Å². The molecule has 0 spiro atoms. The summed E-state index contributed by atoms with van der Waals surface area (Å²) in [5.41, 5.74) is 0. The number of hydrogen-bond donors (Lipinski definition) is 1. The highest BCUT2D eigenvalue weighted by Gasteiger charge is 2.23. The van der Waals surface area contributed by atoms with Gasteiger partial charge in [0.1, 0.15) is 6.04 Å². The zero-order valence-electron chi connectivity index (χ0n) is 11.3. The molecule has 110 valence electrons. The number of methoxy groups -OCH3 is 1. The summed E-state index contributed by atoms with van der Waals surface area (Å²) in [5, 5.41) is 2.90. The predicted molar refractivity (Wildman–Crippen MR) is 71.9 cm³/mol. The topological polar surface area (TPSA) is 89.5 Å². The first kappa shape index (κ1) is 14.7. The normalized spacial score (nSPS) is 16.6. The van der Waals surface area contributed by atoms with Crippen LogP contribution < -0.4 is 10.1 Å². The van der Waals surface area contributed by atoms with Crippen molar-refractivity contribution in [2.75, 3.05) is 38.7 Å². The largest absolute Gasteiger partial charge is 0.467 e. The van der Waals surface area contributed by atoms with E-state index in [0.29, 0.717) is 26.3 Å². The maximum Gasteiger partial charge on any atom is 0.322 e. The summed E-state index contributed by atoms with van der Waals surface area (Å²) in [7, 11) is 1.43. The molecule has 8 nitrogen and oxygen atoms in total. The number of ether oxygens (including phenoxy) is 2. The Bertz CT molecular complexity index is 481. The summed E-state index contributed by atoms with van der Waals surface area (Å²) >= 11 is 5.75. The van der Waals surface area contributed by atoms with Crippen molar-refractivity contribution in [3.8, 4) is 6.01 Å². The fourth-order valence-electron chi connectivity index (χ4n) is 1.80. The molecular formula is C11H16ClN5O3. The van der Waals surface area contributed by atoms with E-state index in [1.807, 2.05) is 0 Å². The molecule has 1 amide bonds. The van der Waals surface area contributed by atoms with E-state index in [1.54, 1.807) is 11.8 Å². The lowest BCUT2D eigenvalue weighted by Gasteiger charge is -2.29. The number of aromatic nitrogens is 3. The van der Waals surface area contributed by atoms with E-state index in [2.05, 4.69) is 20.3 Å². The van der Waals surface area contributed by atoms with Crippen molar-refractivity contribution in [1.29, 1.82) is 0 Å². The fraction of sp³-hybridized carbons (Fsp3) is 0.636. The monoisotopic (exact) mass is 301 g/mol. The highest BCUT2D eigenvalue weighted by Crippen LogP contribution is 2.12. The number of nitrogens with zero attached hydrogens (tertiary/aromatic N) is 4. The second-order valence-electron chi connectivity index (χ2n) is 4.22. The molecule has 2 rings (SSSR count). The Morgan fingerprint density at radius 3 is 2.75 bits per heavy atom. The van der Waals surface area contributed by atoms with Crippen LogP contribution >= 0.6 is 11.6 Å². The van der Waals surface area contributed by atoms with Gasteiger partial charge in [0.25, 0.3) is 0 Å². The second-order valence-corrected chi connectivity index (χ2v) is 4.56. The first-order valence-electron chi connectivity index (χ1n) is 6.19. The van der Waals surface area contributed by atoms with Crippen LogP contribution in [0.1, 0.15) is 6.92 Å². The zero-order chi connectivity index (χ0) is 14.5. The van der Waals surface area contributed by atoms with Crippen molar-refractivity contribution >= 4 is 23.5 Å². The SMILES string of the molecule is COc1nc(Cl)nc(NC(C)C(=O)N2CCOCC2)n1. The molecule has 1 fully saturated rings. The van der Waals surface area contributed by atoms with Gasteiger partial charge in [-0.05, 0) is 18.5 Å². The Morgan fingerprint density at radius 1 is 1.40 bits per heavy atom. The molecule has 0 aliphatic carbocycles. The first-order chi connectivity index (χ1) is 9.60. The van der Waals surface area contributed by atoms with Crippen LogP contribution in [0.15, 0.2) is 0 Å². The molecule has 2 heterocycles. The van der Waals surface area contributed by atoms with Crippen molar-refractivity contribution in [3.05, 3.63) is 5.28 Å². The van der Waals surface area contributed by atoms with Crippen LogP contribution in [0.2, 0.25) is 5.28 Å². The van der Waals surface area contributed by atoms with Crippen LogP contribution in [0.5, 0.6) is 6.01 Å². The van der Waals surface area contributed by atoms with Crippen molar-refractivity contribution in [2.24, 2.45) is 0 Å². The van der Waals surface area contributed by atoms with Crippen LogP contribution in [0, 0.1) is 0 Å². The van der Waals surface area contributed by atoms with Crippen molar-refractivity contribution in [2.45, 2.75) is 13.0 Å². The maximum atomic E-state index is 12.2. The van der Waals surface area contributed by atoms with Crippen molar-refractivity contribution < 1.29 is 14.3 Å². The molecule has 0 aromatic carbocycles. The molecule has 1 aliphatic heterocycles. The van der Waals surface area contributed by atoms with E-state index in [9.17, 15) is 4.79 Å². The summed E-state index contributed by atoms with van der Waals surface area (Å²) in [4.78, 5) is 25.6. The quantitative estimate of drug-likeness (QED) is 0.849. The van der Waals surface area contributed by atoms with Crippen LogP contribution in [-0.2, 0) is 9.53 Å². The fourth-order valence-corrected chi connectivity index (χ4v) is 1.95. The number of anilines is 1. The minimum Gasteiger partial charge on any atom is -0.467 e. The predicted octanol–water partition coefficient (Wildman–Crippen LogP) is 0.193. The average molecular weight is 302 g/mol. The molecule has 0 saturated carbocycles. The number of halogens is 1. The van der Waals surface area contributed by atoms with E-state index in [-0.39, 0.29) is 23.1 Å². The Kier molecular flexibility index (Phi) is 4.91. The maximum absolute atomic E-state index is 12.2. The molecule has 1 aromatic rings. The number of carbonyl (C=O) groups is 1. The minimum absolute atomic E-state index is 0.00497. The second kappa shape index (κ2) is 6.67. The summed E-state index contributed by atoms with van der Waals surface area (Å²) in [6.07, 6.45) is 0. The van der Waals surface area contributed by atoms with E-state index in [0.717, 1.165) is 0 Å². The summed E-state index contributed by atoms with van der Waals surface area (Å²) < 4.78 is 10.1. The Morgan fingerprint density at radius 2 is 2.10 bits per heavy atom. The third kappa shape index (κ3) is 3.67. The number of nitrogens with one attached hydrogen (secondary N) is 1. The lowest BCUT2D eigenvalue weighted by Crippen LogP contribution is -2.47. The summed E-state index contributed by atoms with van der Waals surface area (Å²) in [6.45, 7) is 4.04. The van der Waals surface area contributed by atoms with Gasteiger partial charge in [0.15, 0.2) is 0 Å². The smallest absolute Gasteiger partial charge is 0.322 e. The number of amides is 1. The van der Waals surface area contributed by atoms with E-state index in [4.69, 9.17) is 21.1 Å². The summed E-state index contributed by atoms with van der Waals surface area (Å²) in [5.74, 6) is 0.166. The van der Waals surface area contributed by atoms with Gasteiger partial charge in [0.2, 0.25) is 17.1 Å². The van der Waals surface area contributed by atoms with Gasteiger partial charge in [0.05, 0.1) is 20.3 Å². The standard InChI is InChI=1S/C11H16ClN5O3/c1-7(8(18)17-3-5-20-6-4-17)13-10-14-9(12)15-11(16-10)19-2/h7H,3-6H2,1-2H3,(H,13,14,15,16). The Hall–Kier alpha value is -1.67. The molecule has 0 radical (unpaired) electrons. The molecule has 1 saturated heterocycles. The third-order valence-electron chi connectivity index (χ3n) is 2.81. The van der Waals surface area contributed by atoms with Crippen LogP contribution in [0.25, 0.3) is 0 Å². The number of carbonyl (C=O) groups excluding carboxylic acids is 1. The molecule has 1 atom stereocenters. The molecule has 0 bridgehead atoms. The Labute approximate surface area is 121 Å². The van der Waals surface area contributed by atoms with Gasteiger partial charge >= 0.3 is 6.01 Å². The molecule has 1 aromatic heterocycles. The van der Waals surface area contributed by atoms with Gasteiger partial charge in [-0.25, -0.2) is 0 Å². The molecule has 1 N–H and O–H groups in total. The molecular weight excluding hydrogens is 286 g/mol. The first-order valence-corrected chi connectivity index (χ1v) is 6.56. The lowest BCUT2D eigenvalue weighted by molar-refractivity contribution is -0.135. The highest BCUT2D eigenvalue weighted by atomic mass is 35.5. The number of hydrogen-bond acceptors (Lipinski definition) is 7. The van der Waals surface area contributed by atoms with Crippen LogP contribution in [0.4, 0.5) is 5.95 Å². The van der Waals surface area contributed by atoms with E-state index in [1.165, 1.54) is 7.11 Å². The average Bonchev–Trinajstić information content (AvgIpc) is 2.46. The molecule has 20 heavy (non-hydrogen) atoms. The summed E-state index contributed by atoms with van der Waals surface area (Å²) in [6, 6.07) is -0.380. The lowest BCUT2D eigenvalue weighted by atomic mass is 10.2. The van der Waals surface area contributed by atoms with E-state index >= 15 is 0 Å². The van der Waals surface area contributed by atoms with Gasteiger partial charge in [0, 0.05) is 13.1 Å². The van der Waals surface area contributed by atoms with Crippen LogP contribution in [0.3, 0.4) is 0 Å². The van der Waals surface area contributed by atoms with Crippen LogP contribution in [-0.4, -0.2) is 65.2 Å². The van der Waals surface area contributed by atoms with Gasteiger partial charge in [-0.3, -0.25) is 4.79 Å². The third-order valence-corrected chi connectivity index (χ3v) is 2.98. The van der Waals surface area contributed by atoms with Crippen molar-refractivity contribution in [3.63, 3.8) is 0 Å². The van der Waals surface area contributed by atoms with Crippen molar-refractivity contribution in [1.82, 2.24) is 19.9 Å². The van der Waals surface area contributed by atoms with Gasteiger partial charge < -0.3 is 19.7 Å². The number of rotatable bonds is 4. The molecule has 1 aliphatic rings. The highest BCUT2D eigenvalue weighted by molar-refractivity contribution is 6.28. The van der Waals surface area contributed by atoms with Gasteiger partial charge in [-0.1, -0.05) is 0 Å². The number of morpholine rings is 1. The van der Waals surface area contributed by atoms with Gasteiger partial charge in [-0.2, -0.15) is 15.0 Å².